The molecule has 134 valence electrons. The average Bonchev–Trinajstić information content (AvgIpc) is 3.23. The van der Waals surface area contributed by atoms with Gasteiger partial charge in [-0.1, -0.05) is 18.2 Å². The lowest BCUT2D eigenvalue weighted by atomic mass is 10.2. The number of hydrogen-bond acceptors (Lipinski definition) is 4. The number of aryl methyl sites for hydroxylation is 1. The number of amides is 3. The number of fused-ring (bicyclic) bond motifs is 1. The minimum atomic E-state index is -0.208. The number of benzene rings is 2. The van der Waals surface area contributed by atoms with Crippen LogP contribution in [0.3, 0.4) is 0 Å². The Kier molecular flexibility index (Phi) is 4.12. The third-order valence-electron chi connectivity index (χ3n) is 4.52. The molecular weight excluding hydrogens is 334 g/mol. The molecule has 1 N–H and O–H groups in total. The Balaban J connectivity index is 1.41. The highest BCUT2D eigenvalue weighted by molar-refractivity contribution is 5.99. The van der Waals surface area contributed by atoms with Gasteiger partial charge < -0.3 is 19.7 Å². The van der Waals surface area contributed by atoms with Crippen molar-refractivity contribution in [3.8, 4) is 11.5 Å². The van der Waals surface area contributed by atoms with Gasteiger partial charge in [-0.05, 0) is 30.7 Å². The van der Waals surface area contributed by atoms with Crippen LogP contribution in [0.2, 0.25) is 0 Å². The summed E-state index contributed by atoms with van der Waals surface area (Å²) in [4.78, 5) is 28.1. The molecule has 2 aromatic rings. The first kappa shape index (κ1) is 16.3. The summed E-state index contributed by atoms with van der Waals surface area (Å²) in [6.07, 6.45) is 0. The van der Waals surface area contributed by atoms with Gasteiger partial charge in [0.25, 0.3) is 0 Å². The summed E-state index contributed by atoms with van der Waals surface area (Å²) >= 11 is 0. The Morgan fingerprint density at radius 1 is 1.12 bits per heavy atom. The van der Waals surface area contributed by atoms with Crippen LogP contribution in [0.5, 0.6) is 11.5 Å². The third kappa shape index (κ3) is 3.03. The van der Waals surface area contributed by atoms with E-state index in [2.05, 4.69) is 5.32 Å². The molecule has 2 aliphatic heterocycles. The van der Waals surface area contributed by atoms with Crippen LogP contribution < -0.4 is 19.7 Å². The Bertz CT molecular complexity index is 868. The Morgan fingerprint density at radius 3 is 2.77 bits per heavy atom. The summed E-state index contributed by atoms with van der Waals surface area (Å²) in [5.74, 6) is 1.10. The van der Waals surface area contributed by atoms with Crippen LogP contribution >= 0.6 is 0 Å². The van der Waals surface area contributed by atoms with Gasteiger partial charge in [0.2, 0.25) is 12.7 Å². The number of ether oxygens (including phenoxy) is 2. The topological polar surface area (TPSA) is 71.1 Å². The van der Waals surface area contributed by atoms with Crippen molar-refractivity contribution in [2.45, 2.75) is 6.92 Å². The highest BCUT2D eigenvalue weighted by atomic mass is 16.7. The van der Waals surface area contributed by atoms with Gasteiger partial charge in [0.05, 0.1) is 0 Å². The molecule has 1 fully saturated rings. The predicted molar refractivity (Wildman–Crippen MR) is 96.7 cm³/mol. The van der Waals surface area contributed by atoms with E-state index in [4.69, 9.17) is 9.47 Å². The van der Waals surface area contributed by atoms with Crippen LogP contribution in [0.25, 0.3) is 0 Å². The summed E-state index contributed by atoms with van der Waals surface area (Å²) in [6, 6.07) is 12.8. The van der Waals surface area contributed by atoms with Gasteiger partial charge in [-0.3, -0.25) is 9.69 Å². The van der Waals surface area contributed by atoms with Gasteiger partial charge >= 0.3 is 6.03 Å². The molecule has 1 saturated heterocycles. The van der Waals surface area contributed by atoms with E-state index in [0.29, 0.717) is 24.6 Å². The zero-order valence-corrected chi connectivity index (χ0v) is 14.4. The summed E-state index contributed by atoms with van der Waals surface area (Å²) in [6.45, 7) is 3.16. The first-order valence-corrected chi connectivity index (χ1v) is 8.43. The molecule has 0 radical (unpaired) electrons. The fraction of sp³-hybridized carbons (Fsp3) is 0.263. The first-order valence-electron chi connectivity index (χ1n) is 8.43. The van der Waals surface area contributed by atoms with Gasteiger partial charge in [-0.25, -0.2) is 4.79 Å². The molecule has 0 aliphatic carbocycles. The summed E-state index contributed by atoms with van der Waals surface area (Å²) in [5, 5.41) is 2.86. The van der Waals surface area contributed by atoms with E-state index in [-0.39, 0.29) is 25.3 Å². The lowest BCUT2D eigenvalue weighted by Crippen LogP contribution is -2.37. The smallest absolute Gasteiger partial charge is 0.325 e. The van der Waals surface area contributed by atoms with E-state index < -0.39 is 0 Å². The Morgan fingerprint density at radius 2 is 1.92 bits per heavy atom. The Hall–Kier alpha value is -3.22. The van der Waals surface area contributed by atoms with Crippen molar-refractivity contribution in [3.05, 3.63) is 48.0 Å². The number of urea groups is 1. The fourth-order valence-electron chi connectivity index (χ4n) is 3.10. The predicted octanol–water partition coefficient (Wildman–Crippen LogP) is 2.60. The Labute approximate surface area is 151 Å². The largest absolute Gasteiger partial charge is 0.454 e. The lowest BCUT2D eigenvalue weighted by molar-refractivity contribution is -0.116. The maximum absolute atomic E-state index is 12.7. The van der Waals surface area contributed by atoms with E-state index in [1.807, 2.05) is 37.3 Å². The van der Waals surface area contributed by atoms with E-state index in [1.54, 1.807) is 17.0 Å². The second-order valence-corrected chi connectivity index (χ2v) is 6.26. The molecule has 0 aromatic heterocycles. The fourth-order valence-corrected chi connectivity index (χ4v) is 3.10. The number of anilines is 2. The van der Waals surface area contributed by atoms with Crippen LogP contribution in [0.15, 0.2) is 42.5 Å². The number of carbonyl (C=O) groups excluding carboxylic acids is 2. The van der Waals surface area contributed by atoms with Gasteiger partial charge in [-0.15, -0.1) is 0 Å². The van der Waals surface area contributed by atoms with Crippen molar-refractivity contribution in [3.63, 3.8) is 0 Å². The van der Waals surface area contributed by atoms with Crippen molar-refractivity contribution in [2.75, 3.05) is 36.6 Å². The summed E-state index contributed by atoms with van der Waals surface area (Å²) in [7, 11) is 0. The SMILES string of the molecule is Cc1ccccc1NC(=O)CN1CCN(c2ccc3c(c2)OCO3)C1=O. The lowest BCUT2D eigenvalue weighted by Gasteiger charge is -2.19. The molecular formula is C19H19N3O4. The third-order valence-corrected chi connectivity index (χ3v) is 4.52. The van der Waals surface area contributed by atoms with Crippen LogP contribution in [-0.2, 0) is 4.79 Å². The maximum atomic E-state index is 12.7. The van der Waals surface area contributed by atoms with E-state index in [1.165, 1.54) is 4.90 Å². The van der Waals surface area contributed by atoms with Crippen LogP contribution in [0.1, 0.15) is 5.56 Å². The van der Waals surface area contributed by atoms with Crippen molar-refractivity contribution in [1.29, 1.82) is 0 Å². The van der Waals surface area contributed by atoms with Crippen molar-refractivity contribution >= 4 is 23.3 Å². The zero-order chi connectivity index (χ0) is 18.1. The molecule has 7 nitrogen and oxygen atoms in total. The number of hydrogen-bond donors (Lipinski definition) is 1. The van der Waals surface area contributed by atoms with Crippen LogP contribution in [0.4, 0.5) is 16.2 Å². The van der Waals surface area contributed by atoms with Crippen molar-refractivity contribution in [1.82, 2.24) is 4.90 Å². The van der Waals surface area contributed by atoms with E-state index >= 15 is 0 Å². The first-order chi connectivity index (χ1) is 12.6. The molecule has 2 aliphatic rings. The molecule has 4 rings (SSSR count). The number of rotatable bonds is 4. The standard InChI is InChI=1S/C19H19N3O4/c1-13-4-2-3-5-15(13)20-18(23)11-21-8-9-22(19(21)24)14-6-7-16-17(10-14)26-12-25-16/h2-7,10H,8-9,11-12H2,1H3,(H,20,23). The second-order valence-electron chi connectivity index (χ2n) is 6.26. The highest BCUT2D eigenvalue weighted by Crippen LogP contribution is 2.36. The molecule has 0 bridgehead atoms. The molecule has 0 unspecified atom stereocenters. The molecule has 26 heavy (non-hydrogen) atoms. The van der Waals surface area contributed by atoms with Gasteiger partial charge in [-0.2, -0.15) is 0 Å². The summed E-state index contributed by atoms with van der Waals surface area (Å²) in [5.41, 5.74) is 2.48. The zero-order valence-electron chi connectivity index (χ0n) is 14.4. The number of nitrogens with one attached hydrogen (secondary N) is 1. The molecule has 0 spiro atoms. The quantitative estimate of drug-likeness (QED) is 0.917. The molecule has 7 heteroatoms. The molecule has 3 amide bonds. The van der Waals surface area contributed by atoms with Crippen LogP contribution in [0, 0.1) is 6.92 Å². The number of carbonyl (C=O) groups is 2. The summed E-state index contributed by atoms with van der Waals surface area (Å²) < 4.78 is 10.7. The molecule has 0 atom stereocenters. The molecule has 0 saturated carbocycles. The van der Waals surface area contributed by atoms with Crippen LogP contribution in [-0.4, -0.2) is 43.3 Å². The monoisotopic (exact) mass is 353 g/mol. The second kappa shape index (κ2) is 6.59. The van der Waals surface area contributed by atoms with Crippen molar-refractivity contribution in [2.24, 2.45) is 0 Å². The van der Waals surface area contributed by atoms with Crippen molar-refractivity contribution < 1.29 is 19.1 Å². The number of para-hydroxylation sites is 1. The van der Waals surface area contributed by atoms with Gasteiger partial charge in [0, 0.05) is 30.5 Å². The molecule has 2 heterocycles. The highest BCUT2D eigenvalue weighted by Gasteiger charge is 2.31. The van der Waals surface area contributed by atoms with E-state index in [9.17, 15) is 9.59 Å². The maximum Gasteiger partial charge on any atom is 0.325 e. The van der Waals surface area contributed by atoms with Gasteiger partial charge in [0.1, 0.15) is 6.54 Å². The number of nitrogens with zero attached hydrogens (tertiary/aromatic N) is 2. The average molecular weight is 353 g/mol. The minimum Gasteiger partial charge on any atom is -0.454 e. The minimum absolute atomic E-state index is 0.0220. The van der Waals surface area contributed by atoms with E-state index in [0.717, 1.165) is 16.9 Å². The molecule has 2 aromatic carbocycles. The van der Waals surface area contributed by atoms with Gasteiger partial charge in [0.15, 0.2) is 11.5 Å². The normalized spacial score (nSPS) is 15.5.